The minimum atomic E-state index is 0.746. The first-order valence-corrected chi connectivity index (χ1v) is 6.26. The number of thiophene rings is 1. The van der Waals surface area contributed by atoms with Gasteiger partial charge in [0, 0.05) is 35.2 Å². The van der Waals surface area contributed by atoms with Crippen LogP contribution in [0.4, 0.5) is 5.82 Å². The Bertz CT molecular complexity index is 619. The van der Waals surface area contributed by atoms with Gasteiger partial charge in [-0.1, -0.05) is 6.07 Å². The first kappa shape index (κ1) is 10.2. The number of rotatable bonds is 3. The highest BCUT2D eigenvalue weighted by Gasteiger charge is 2.02. The summed E-state index contributed by atoms with van der Waals surface area (Å²) in [4.78, 5) is 8.46. The van der Waals surface area contributed by atoms with E-state index in [9.17, 15) is 0 Å². The number of nitrogens with zero attached hydrogens (tertiary/aromatic N) is 2. The molecule has 0 saturated carbocycles. The zero-order valence-electron chi connectivity index (χ0n) is 9.13. The SMILES string of the molecule is c1cncc(CNc2nccc3sccc23)c1. The molecule has 0 radical (unpaired) electrons. The van der Waals surface area contributed by atoms with Gasteiger partial charge in [0.1, 0.15) is 5.82 Å². The predicted octanol–water partition coefficient (Wildman–Crippen LogP) is 3.30. The number of fused-ring (bicyclic) bond motifs is 1. The van der Waals surface area contributed by atoms with Crippen molar-refractivity contribution in [3.8, 4) is 0 Å². The second-order valence-corrected chi connectivity index (χ2v) is 4.65. The van der Waals surface area contributed by atoms with Crippen molar-refractivity contribution >= 4 is 27.2 Å². The zero-order valence-corrected chi connectivity index (χ0v) is 9.95. The van der Waals surface area contributed by atoms with E-state index in [0.29, 0.717) is 0 Å². The lowest BCUT2D eigenvalue weighted by Crippen LogP contribution is -2.01. The normalized spacial score (nSPS) is 10.6. The number of aromatic nitrogens is 2. The van der Waals surface area contributed by atoms with Crippen molar-refractivity contribution in [1.29, 1.82) is 0 Å². The summed E-state index contributed by atoms with van der Waals surface area (Å²) < 4.78 is 1.26. The number of anilines is 1. The maximum absolute atomic E-state index is 4.37. The van der Waals surface area contributed by atoms with Gasteiger partial charge in [-0.2, -0.15) is 0 Å². The first-order chi connectivity index (χ1) is 8.43. The van der Waals surface area contributed by atoms with Crippen LogP contribution in [0.1, 0.15) is 5.56 Å². The molecule has 1 N–H and O–H groups in total. The second kappa shape index (κ2) is 4.51. The Balaban J connectivity index is 1.84. The fraction of sp³-hybridized carbons (Fsp3) is 0.0769. The average molecular weight is 241 g/mol. The van der Waals surface area contributed by atoms with Crippen molar-refractivity contribution < 1.29 is 0 Å². The Kier molecular flexibility index (Phi) is 2.71. The third-order valence-corrected chi connectivity index (χ3v) is 3.44. The molecule has 3 aromatic rings. The van der Waals surface area contributed by atoms with Crippen LogP contribution in [0.15, 0.2) is 48.2 Å². The molecule has 0 saturated heterocycles. The van der Waals surface area contributed by atoms with Crippen LogP contribution >= 0.6 is 11.3 Å². The molecule has 0 aliphatic heterocycles. The van der Waals surface area contributed by atoms with Crippen molar-refractivity contribution in [1.82, 2.24) is 9.97 Å². The largest absolute Gasteiger partial charge is 0.365 e. The highest BCUT2D eigenvalue weighted by Crippen LogP contribution is 2.25. The van der Waals surface area contributed by atoms with Crippen LogP contribution in [0.25, 0.3) is 10.1 Å². The molecule has 0 atom stereocenters. The number of hydrogen-bond donors (Lipinski definition) is 1. The molecule has 3 nitrogen and oxygen atoms in total. The Morgan fingerprint density at radius 1 is 1.18 bits per heavy atom. The summed E-state index contributed by atoms with van der Waals surface area (Å²) in [6.45, 7) is 0.746. The van der Waals surface area contributed by atoms with E-state index < -0.39 is 0 Å². The minimum Gasteiger partial charge on any atom is -0.365 e. The number of hydrogen-bond acceptors (Lipinski definition) is 4. The molecule has 3 rings (SSSR count). The van der Waals surface area contributed by atoms with Crippen LogP contribution in [-0.4, -0.2) is 9.97 Å². The quantitative estimate of drug-likeness (QED) is 0.764. The highest BCUT2D eigenvalue weighted by atomic mass is 32.1. The fourth-order valence-corrected chi connectivity index (χ4v) is 2.51. The van der Waals surface area contributed by atoms with Crippen molar-refractivity contribution in [2.75, 3.05) is 5.32 Å². The van der Waals surface area contributed by atoms with Gasteiger partial charge >= 0.3 is 0 Å². The summed E-state index contributed by atoms with van der Waals surface area (Å²) in [6, 6.07) is 8.12. The maximum Gasteiger partial charge on any atom is 0.134 e. The molecular weight excluding hydrogens is 230 g/mol. The molecule has 0 spiro atoms. The molecule has 0 unspecified atom stereocenters. The summed E-state index contributed by atoms with van der Waals surface area (Å²) in [7, 11) is 0. The van der Waals surface area contributed by atoms with Gasteiger partial charge in [-0.15, -0.1) is 11.3 Å². The summed E-state index contributed by atoms with van der Waals surface area (Å²) in [5.74, 6) is 0.938. The fourth-order valence-electron chi connectivity index (χ4n) is 1.72. The van der Waals surface area contributed by atoms with Crippen LogP contribution in [0.2, 0.25) is 0 Å². The van der Waals surface area contributed by atoms with Crippen molar-refractivity contribution in [2.24, 2.45) is 0 Å². The van der Waals surface area contributed by atoms with Crippen LogP contribution in [-0.2, 0) is 6.54 Å². The summed E-state index contributed by atoms with van der Waals surface area (Å²) >= 11 is 1.73. The van der Waals surface area contributed by atoms with Gasteiger partial charge < -0.3 is 5.32 Å². The van der Waals surface area contributed by atoms with E-state index in [1.807, 2.05) is 30.6 Å². The minimum absolute atomic E-state index is 0.746. The van der Waals surface area contributed by atoms with Gasteiger partial charge in [0.2, 0.25) is 0 Å². The van der Waals surface area contributed by atoms with Crippen molar-refractivity contribution in [3.63, 3.8) is 0 Å². The van der Waals surface area contributed by atoms with Crippen LogP contribution < -0.4 is 5.32 Å². The van der Waals surface area contributed by atoms with Crippen LogP contribution in [0.5, 0.6) is 0 Å². The van der Waals surface area contributed by atoms with Gasteiger partial charge in [0.15, 0.2) is 0 Å². The average Bonchev–Trinajstić information content (AvgIpc) is 2.86. The lowest BCUT2D eigenvalue weighted by Gasteiger charge is -2.06. The number of nitrogens with one attached hydrogen (secondary N) is 1. The lowest BCUT2D eigenvalue weighted by molar-refractivity contribution is 1.09. The van der Waals surface area contributed by atoms with E-state index in [0.717, 1.165) is 17.9 Å². The van der Waals surface area contributed by atoms with Crippen LogP contribution in [0.3, 0.4) is 0 Å². The summed E-state index contributed by atoms with van der Waals surface area (Å²) in [5, 5.41) is 6.61. The van der Waals surface area contributed by atoms with E-state index in [1.54, 1.807) is 17.5 Å². The van der Waals surface area contributed by atoms with E-state index >= 15 is 0 Å². The smallest absolute Gasteiger partial charge is 0.134 e. The molecule has 0 fully saturated rings. The van der Waals surface area contributed by atoms with Gasteiger partial charge in [-0.05, 0) is 29.1 Å². The summed E-state index contributed by atoms with van der Waals surface area (Å²) in [5.41, 5.74) is 1.15. The third kappa shape index (κ3) is 2.12. The standard InChI is InChI=1S/C13H11N3S/c1-2-10(8-14-5-1)9-16-13-11-4-7-17-12(11)3-6-15-13/h1-8H,9H2,(H,15,16). The van der Waals surface area contributed by atoms with E-state index in [2.05, 4.69) is 26.7 Å². The van der Waals surface area contributed by atoms with E-state index in [-0.39, 0.29) is 0 Å². The molecule has 0 amide bonds. The number of pyridine rings is 2. The molecule has 3 heterocycles. The zero-order chi connectivity index (χ0) is 11.5. The first-order valence-electron chi connectivity index (χ1n) is 5.38. The van der Waals surface area contributed by atoms with Crippen molar-refractivity contribution in [3.05, 3.63) is 53.8 Å². The van der Waals surface area contributed by atoms with E-state index in [4.69, 9.17) is 0 Å². The predicted molar refractivity (Wildman–Crippen MR) is 71.2 cm³/mol. The molecule has 0 aromatic carbocycles. The second-order valence-electron chi connectivity index (χ2n) is 3.71. The third-order valence-electron chi connectivity index (χ3n) is 2.56. The van der Waals surface area contributed by atoms with Crippen molar-refractivity contribution in [2.45, 2.75) is 6.54 Å². The summed E-state index contributed by atoms with van der Waals surface area (Å²) in [6.07, 6.45) is 5.48. The van der Waals surface area contributed by atoms with Gasteiger partial charge in [-0.25, -0.2) is 4.98 Å². The van der Waals surface area contributed by atoms with Gasteiger partial charge in [-0.3, -0.25) is 4.98 Å². The van der Waals surface area contributed by atoms with Crippen LogP contribution in [0, 0.1) is 0 Å². The Hall–Kier alpha value is -1.94. The molecule has 3 aromatic heterocycles. The molecular formula is C13H11N3S. The molecule has 4 heteroatoms. The molecule has 0 aliphatic carbocycles. The van der Waals surface area contributed by atoms with E-state index in [1.165, 1.54) is 10.1 Å². The van der Waals surface area contributed by atoms with Gasteiger partial charge in [0.05, 0.1) is 0 Å². The van der Waals surface area contributed by atoms with Gasteiger partial charge in [0.25, 0.3) is 0 Å². The molecule has 17 heavy (non-hydrogen) atoms. The topological polar surface area (TPSA) is 37.8 Å². The monoisotopic (exact) mass is 241 g/mol. The Morgan fingerprint density at radius 2 is 2.18 bits per heavy atom. The Labute approximate surface area is 103 Å². The molecule has 0 aliphatic rings. The molecule has 84 valence electrons. The highest BCUT2D eigenvalue weighted by molar-refractivity contribution is 7.17. The lowest BCUT2D eigenvalue weighted by atomic mass is 10.2. The molecule has 0 bridgehead atoms. The Morgan fingerprint density at radius 3 is 3.06 bits per heavy atom. The maximum atomic E-state index is 4.37.